The predicted octanol–water partition coefficient (Wildman–Crippen LogP) is 1.29. The molecule has 3 aromatic rings. The number of hydrogen-bond donors (Lipinski definition) is 0. The largest absolute Gasteiger partial charge is 0.471 e. The molecule has 0 amide bonds. The standard InChI is InChI=1S/C13H11F3N6O2/c1-21-12(23)22(20-19-21)7-6-8-2-4-9(5-3-8)10-17-11(24-18-10)13(14,15)16/h2-5H,6-7H2,1H3. The molecule has 1 aromatic carbocycles. The van der Waals surface area contributed by atoms with E-state index in [0.717, 1.165) is 10.2 Å². The van der Waals surface area contributed by atoms with E-state index in [1.807, 2.05) is 0 Å². The van der Waals surface area contributed by atoms with E-state index in [-0.39, 0.29) is 11.5 Å². The quantitative estimate of drug-likeness (QED) is 0.711. The third-order valence-corrected chi connectivity index (χ3v) is 3.27. The molecule has 11 heteroatoms. The topological polar surface area (TPSA) is 91.6 Å². The Hall–Kier alpha value is -2.98. The summed E-state index contributed by atoms with van der Waals surface area (Å²) in [6.07, 6.45) is -4.16. The summed E-state index contributed by atoms with van der Waals surface area (Å²) in [5.41, 5.74) is 0.948. The zero-order valence-electron chi connectivity index (χ0n) is 12.4. The number of nitrogens with zero attached hydrogens (tertiary/aromatic N) is 6. The molecule has 2 heterocycles. The molecule has 0 N–H and O–H groups in total. The second-order valence-electron chi connectivity index (χ2n) is 4.98. The van der Waals surface area contributed by atoms with Crippen LogP contribution in [-0.2, 0) is 26.2 Å². The Bertz CT molecular complexity index is 894. The van der Waals surface area contributed by atoms with Crippen molar-refractivity contribution in [2.45, 2.75) is 19.1 Å². The minimum absolute atomic E-state index is 0.140. The van der Waals surface area contributed by atoms with Crippen molar-refractivity contribution in [2.75, 3.05) is 0 Å². The molecular weight excluding hydrogens is 329 g/mol. The molecule has 0 saturated carbocycles. The van der Waals surface area contributed by atoms with Crippen molar-refractivity contribution in [3.05, 3.63) is 46.2 Å². The fourth-order valence-corrected chi connectivity index (χ4v) is 2.00. The normalized spacial score (nSPS) is 11.8. The molecular formula is C13H11F3N6O2. The highest BCUT2D eigenvalue weighted by Gasteiger charge is 2.38. The van der Waals surface area contributed by atoms with E-state index in [1.54, 1.807) is 24.3 Å². The summed E-state index contributed by atoms with van der Waals surface area (Å²) in [5.74, 6) is -1.53. The number of aryl methyl sites for hydroxylation is 3. The highest BCUT2D eigenvalue weighted by Crippen LogP contribution is 2.29. The van der Waals surface area contributed by atoms with Crippen LogP contribution in [0.2, 0.25) is 0 Å². The maximum Gasteiger partial charge on any atom is 0.471 e. The Balaban J connectivity index is 1.70. The number of halogens is 3. The van der Waals surface area contributed by atoms with E-state index in [0.29, 0.717) is 18.5 Å². The molecule has 0 spiro atoms. The Morgan fingerprint density at radius 2 is 1.88 bits per heavy atom. The van der Waals surface area contributed by atoms with Gasteiger partial charge in [-0.05, 0) is 22.4 Å². The van der Waals surface area contributed by atoms with E-state index in [1.165, 1.54) is 11.7 Å². The maximum absolute atomic E-state index is 12.4. The minimum atomic E-state index is -4.67. The SMILES string of the molecule is Cn1nnn(CCc2ccc(-c3noc(C(F)(F)F)n3)cc2)c1=O. The minimum Gasteiger partial charge on any atom is -0.329 e. The van der Waals surface area contributed by atoms with Gasteiger partial charge in [0.05, 0.1) is 6.54 Å². The first-order chi connectivity index (χ1) is 11.3. The number of aromatic nitrogens is 6. The summed E-state index contributed by atoms with van der Waals surface area (Å²) in [5, 5.41) is 10.6. The van der Waals surface area contributed by atoms with Gasteiger partial charge in [-0.3, -0.25) is 0 Å². The average Bonchev–Trinajstić information content (AvgIpc) is 3.15. The van der Waals surface area contributed by atoms with Crippen LogP contribution in [0, 0.1) is 0 Å². The van der Waals surface area contributed by atoms with Gasteiger partial charge in [-0.1, -0.05) is 29.4 Å². The molecule has 3 rings (SSSR count). The van der Waals surface area contributed by atoms with E-state index >= 15 is 0 Å². The molecule has 0 aliphatic heterocycles. The summed E-state index contributed by atoms with van der Waals surface area (Å²) in [6.45, 7) is 0.340. The first-order valence-electron chi connectivity index (χ1n) is 6.81. The number of tetrazole rings is 1. The van der Waals surface area contributed by atoms with Crippen LogP contribution in [0.15, 0.2) is 33.6 Å². The predicted molar refractivity (Wildman–Crippen MR) is 73.7 cm³/mol. The molecule has 0 aliphatic rings. The fraction of sp³-hybridized carbons (Fsp3) is 0.308. The summed E-state index contributed by atoms with van der Waals surface area (Å²) >= 11 is 0. The summed E-state index contributed by atoms with van der Waals surface area (Å²) in [4.78, 5) is 14.9. The lowest BCUT2D eigenvalue weighted by molar-refractivity contribution is -0.159. The second-order valence-corrected chi connectivity index (χ2v) is 4.98. The zero-order valence-corrected chi connectivity index (χ0v) is 12.4. The van der Waals surface area contributed by atoms with Crippen LogP contribution in [0.1, 0.15) is 11.5 Å². The van der Waals surface area contributed by atoms with Crippen molar-refractivity contribution in [3.63, 3.8) is 0 Å². The molecule has 0 bridgehead atoms. The Morgan fingerprint density at radius 3 is 2.42 bits per heavy atom. The Labute approximate surface area is 132 Å². The second kappa shape index (κ2) is 5.91. The summed E-state index contributed by atoms with van der Waals surface area (Å²) in [6, 6.07) is 6.58. The lowest BCUT2D eigenvalue weighted by Gasteiger charge is -2.01. The first kappa shape index (κ1) is 15.9. The van der Waals surface area contributed by atoms with Crippen LogP contribution >= 0.6 is 0 Å². The number of hydrogen-bond acceptors (Lipinski definition) is 6. The molecule has 0 saturated heterocycles. The van der Waals surface area contributed by atoms with Crippen molar-refractivity contribution < 1.29 is 17.7 Å². The van der Waals surface area contributed by atoms with E-state index in [9.17, 15) is 18.0 Å². The van der Waals surface area contributed by atoms with Gasteiger partial charge in [-0.2, -0.15) is 27.5 Å². The highest BCUT2D eigenvalue weighted by molar-refractivity contribution is 5.54. The molecule has 2 aromatic heterocycles. The van der Waals surface area contributed by atoms with Crippen LogP contribution in [0.5, 0.6) is 0 Å². The van der Waals surface area contributed by atoms with Gasteiger partial charge in [0.15, 0.2) is 0 Å². The molecule has 0 aliphatic carbocycles. The van der Waals surface area contributed by atoms with Crippen LogP contribution in [0.3, 0.4) is 0 Å². The molecule has 126 valence electrons. The smallest absolute Gasteiger partial charge is 0.329 e. The molecule has 24 heavy (non-hydrogen) atoms. The van der Waals surface area contributed by atoms with E-state index in [4.69, 9.17) is 0 Å². The first-order valence-corrected chi connectivity index (χ1v) is 6.81. The third-order valence-electron chi connectivity index (χ3n) is 3.27. The van der Waals surface area contributed by atoms with Gasteiger partial charge in [0, 0.05) is 12.6 Å². The van der Waals surface area contributed by atoms with Crippen molar-refractivity contribution in [3.8, 4) is 11.4 Å². The molecule has 0 atom stereocenters. The van der Waals surface area contributed by atoms with Gasteiger partial charge in [-0.15, -0.1) is 0 Å². The van der Waals surface area contributed by atoms with Gasteiger partial charge in [0.1, 0.15) is 0 Å². The zero-order chi connectivity index (χ0) is 17.3. The fourth-order valence-electron chi connectivity index (χ4n) is 2.00. The van der Waals surface area contributed by atoms with E-state index < -0.39 is 12.1 Å². The van der Waals surface area contributed by atoms with Crippen LogP contribution in [0.25, 0.3) is 11.4 Å². The van der Waals surface area contributed by atoms with Crippen LogP contribution in [0.4, 0.5) is 13.2 Å². The number of rotatable bonds is 4. The Kier molecular flexibility index (Phi) is 3.91. The van der Waals surface area contributed by atoms with Crippen molar-refractivity contribution in [1.29, 1.82) is 0 Å². The van der Waals surface area contributed by atoms with E-state index in [2.05, 4.69) is 25.1 Å². The summed E-state index contributed by atoms with van der Waals surface area (Å²) in [7, 11) is 1.50. The van der Waals surface area contributed by atoms with Gasteiger partial charge in [0.2, 0.25) is 5.82 Å². The average molecular weight is 340 g/mol. The maximum atomic E-state index is 12.4. The molecule has 0 fully saturated rings. The van der Waals surface area contributed by atoms with Gasteiger partial charge >= 0.3 is 17.8 Å². The van der Waals surface area contributed by atoms with Crippen LogP contribution in [-0.4, -0.2) is 29.9 Å². The molecule has 0 unspecified atom stereocenters. The molecule has 8 nitrogen and oxygen atoms in total. The summed E-state index contributed by atoms with van der Waals surface area (Å²) < 4.78 is 43.9. The van der Waals surface area contributed by atoms with Gasteiger partial charge < -0.3 is 4.52 Å². The lowest BCUT2D eigenvalue weighted by atomic mass is 10.1. The van der Waals surface area contributed by atoms with Gasteiger partial charge in [0.25, 0.3) is 0 Å². The van der Waals surface area contributed by atoms with Gasteiger partial charge in [-0.25, -0.2) is 4.79 Å². The number of benzene rings is 1. The highest BCUT2D eigenvalue weighted by atomic mass is 19.4. The Morgan fingerprint density at radius 1 is 1.17 bits per heavy atom. The van der Waals surface area contributed by atoms with Crippen molar-refractivity contribution in [1.82, 2.24) is 29.9 Å². The van der Waals surface area contributed by atoms with Crippen molar-refractivity contribution in [2.24, 2.45) is 7.05 Å². The lowest BCUT2D eigenvalue weighted by Crippen LogP contribution is -2.24. The molecule has 0 radical (unpaired) electrons. The van der Waals surface area contributed by atoms with Crippen molar-refractivity contribution >= 4 is 0 Å². The number of alkyl halides is 3. The van der Waals surface area contributed by atoms with Crippen LogP contribution < -0.4 is 5.69 Å². The third kappa shape index (κ3) is 3.19. The monoisotopic (exact) mass is 340 g/mol.